The first-order valence-corrected chi connectivity index (χ1v) is 7.47. The fraction of sp³-hybridized carbons (Fsp3) is 0.562. The van der Waals surface area contributed by atoms with Crippen molar-refractivity contribution in [1.29, 1.82) is 0 Å². The standard InChI is InChI=1S/C16H25N3O2/c1-13(16(20)19-7-9-21-10-8-19)18(2)12-15-6-4-3-5-14(15)11-17/h3-6,13H,7-12,17H2,1-2H3. The summed E-state index contributed by atoms with van der Waals surface area (Å²) >= 11 is 0. The zero-order valence-electron chi connectivity index (χ0n) is 12.9. The number of ether oxygens (including phenoxy) is 1. The number of likely N-dealkylation sites (N-methyl/N-ethyl adjacent to an activating group) is 1. The van der Waals surface area contributed by atoms with Crippen molar-refractivity contribution in [2.45, 2.75) is 26.1 Å². The van der Waals surface area contributed by atoms with Crippen LogP contribution in [0, 0.1) is 0 Å². The fourth-order valence-corrected chi connectivity index (χ4v) is 2.55. The molecule has 1 aromatic carbocycles. The van der Waals surface area contributed by atoms with E-state index in [1.54, 1.807) is 0 Å². The molecular formula is C16H25N3O2. The van der Waals surface area contributed by atoms with Gasteiger partial charge in [0.05, 0.1) is 19.3 Å². The summed E-state index contributed by atoms with van der Waals surface area (Å²) in [6, 6.07) is 7.97. The van der Waals surface area contributed by atoms with E-state index in [2.05, 4.69) is 11.0 Å². The topological polar surface area (TPSA) is 58.8 Å². The van der Waals surface area contributed by atoms with Gasteiger partial charge in [0, 0.05) is 26.2 Å². The number of benzene rings is 1. The van der Waals surface area contributed by atoms with Gasteiger partial charge in [0.25, 0.3) is 0 Å². The third-order valence-electron chi connectivity index (χ3n) is 4.10. The van der Waals surface area contributed by atoms with Crippen LogP contribution in [-0.4, -0.2) is 55.1 Å². The third kappa shape index (κ3) is 4.03. The number of carbonyl (C=O) groups is 1. The van der Waals surface area contributed by atoms with Crippen LogP contribution in [0.1, 0.15) is 18.1 Å². The first kappa shape index (κ1) is 15.9. The van der Waals surface area contributed by atoms with Crippen LogP contribution in [0.3, 0.4) is 0 Å². The van der Waals surface area contributed by atoms with Crippen molar-refractivity contribution in [3.8, 4) is 0 Å². The Morgan fingerprint density at radius 3 is 2.57 bits per heavy atom. The molecule has 5 heteroatoms. The van der Waals surface area contributed by atoms with Crippen LogP contribution in [0.4, 0.5) is 0 Å². The molecule has 1 aromatic rings. The third-order valence-corrected chi connectivity index (χ3v) is 4.10. The molecule has 1 heterocycles. The van der Waals surface area contributed by atoms with Crippen molar-refractivity contribution >= 4 is 5.91 Å². The molecule has 0 aromatic heterocycles. The Balaban J connectivity index is 1.98. The molecule has 0 saturated carbocycles. The average Bonchev–Trinajstić information content (AvgIpc) is 2.54. The number of nitrogens with zero attached hydrogens (tertiary/aromatic N) is 2. The Morgan fingerprint density at radius 1 is 1.33 bits per heavy atom. The van der Waals surface area contributed by atoms with Crippen LogP contribution < -0.4 is 5.73 Å². The van der Waals surface area contributed by atoms with E-state index >= 15 is 0 Å². The summed E-state index contributed by atoms with van der Waals surface area (Å²) in [5.74, 6) is 0.172. The summed E-state index contributed by atoms with van der Waals surface area (Å²) in [6.07, 6.45) is 0. The highest BCUT2D eigenvalue weighted by atomic mass is 16.5. The summed E-state index contributed by atoms with van der Waals surface area (Å²) < 4.78 is 5.29. The van der Waals surface area contributed by atoms with Crippen LogP contribution in [0.25, 0.3) is 0 Å². The summed E-state index contributed by atoms with van der Waals surface area (Å²) in [5, 5.41) is 0. The number of morpholine rings is 1. The molecule has 1 unspecified atom stereocenters. The Morgan fingerprint density at radius 2 is 1.95 bits per heavy atom. The number of nitrogens with two attached hydrogens (primary N) is 1. The predicted molar refractivity (Wildman–Crippen MR) is 82.7 cm³/mol. The van der Waals surface area contributed by atoms with Crippen LogP contribution in [0.5, 0.6) is 0 Å². The Kier molecular flexibility index (Phi) is 5.73. The highest BCUT2D eigenvalue weighted by Crippen LogP contribution is 2.13. The number of rotatable bonds is 5. The average molecular weight is 291 g/mol. The van der Waals surface area contributed by atoms with Crippen molar-refractivity contribution in [2.75, 3.05) is 33.4 Å². The van der Waals surface area contributed by atoms with Crippen LogP contribution in [0.15, 0.2) is 24.3 Å². The molecule has 1 fully saturated rings. The summed E-state index contributed by atoms with van der Waals surface area (Å²) in [6.45, 7) is 5.87. The van der Waals surface area contributed by atoms with Gasteiger partial charge in [-0.05, 0) is 25.1 Å². The minimum absolute atomic E-state index is 0.145. The maximum Gasteiger partial charge on any atom is 0.239 e. The lowest BCUT2D eigenvalue weighted by Crippen LogP contribution is -2.49. The number of carbonyl (C=O) groups excluding carboxylic acids is 1. The molecule has 0 bridgehead atoms. The van der Waals surface area contributed by atoms with Crippen LogP contribution >= 0.6 is 0 Å². The van der Waals surface area contributed by atoms with Gasteiger partial charge >= 0.3 is 0 Å². The van der Waals surface area contributed by atoms with Crippen molar-refractivity contribution in [1.82, 2.24) is 9.80 Å². The monoisotopic (exact) mass is 291 g/mol. The summed E-state index contributed by atoms with van der Waals surface area (Å²) in [4.78, 5) is 16.5. The molecule has 1 aliphatic rings. The van der Waals surface area contributed by atoms with E-state index in [1.807, 2.05) is 37.1 Å². The lowest BCUT2D eigenvalue weighted by atomic mass is 10.1. The van der Waals surface area contributed by atoms with Gasteiger partial charge in [-0.25, -0.2) is 0 Å². The van der Waals surface area contributed by atoms with E-state index in [0.29, 0.717) is 32.8 Å². The Hall–Kier alpha value is -1.43. The predicted octanol–water partition coefficient (Wildman–Crippen LogP) is 0.824. The highest BCUT2D eigenvalue weighted by Gasteiger charge is 2.25. The SMILES string of the molecule is CC(C(=O)N1CCOCC1)N(C)Cc1ccccc1CN. The lowest BCUT2D eigenvalue weighted by Gasteiger charge is -2.33. The molecule has 0 aliphatic carbocycles. The van der Waals surface area contributed by atoms with Crippen molar-refractivity contribution < 1.29 is 9.53 Å². The molecule has 0 radical (unpaired) electrons. The molecule has 1 aliphatic heterocycles. The smallest absolute Gasteiger partial charge is 0.239 e. The molecule has 1 atom stereocenters. The van der Waals surface area contributed by atoms with Crippen molar-refractivity contribution in [2.24, 2.45) is 5.73 Å². The molecule has 1 saturated heterocycles. The Bertz CT molecular complexity index is 472. The molecule has 1 amide bonds. The van der Waals surface area contributed by atoms with Crippen molar-refractivity contribution in [3.05, 3.63) is 35.4 Å². The first-order chi connectivity index (χ1) is 10.1. The van der Waals surface area contributed by atoms with Gasteiger partial charge in [0.15, 0.2) is 0 Å². The second-order valence-corrected chi connectivity index (χ2v) is 5.50. The van der Waals surface area contributed by atoms with Gasteiger partial charge in [-0.3, -0.25) is 9.69 Å². The van der Waals surface area contributed by atoms with Gasteiger partial charge in [0.2, 0.25) is 5.91 Å². The van der Waals surface area contributed by atoms with E-state index in [-0.39, 0.29) is 11.9 Å². The highest BCUT2D eigenvalue weighted by molar-refractivity contribution is 5.81. The van der Waals surface area contributed by atoms with E-state index in [9.17, 15) is 4.79 Å². The normalized spacial score (nSPS) is 17.0. The van der Waals surface area contributed by atoms with Gasteiger partial charge in [-0.1, -0.05) is 24.3 Å². The molecule has 21 heavy (non-hydrogen) atoms. The molecular weight excluding hydrogens is 266 g/mol. The molecule has 2 N–H and O–H groups in total. The maximum atomic E-state index is 12.5. The zero-order chi connectivity index (χ0) is 15.2. The van der Waals surface area contributed by atoms with Crippen LogP contribution in [-0.2, 0) is 22.6 Å². The largest absolute Gasteiger partial charge is 0.378 e. The lowest BCUT2D eigenvalue weighted by molar-refractivity contribution is -0.140. The number of amides is 1. The summed E-state index contributed by atoms with van der Waals surface area (Å²) in [7, 11) is 1.98. The summed E-state index contributed by atoms with van der Waals surface area (Å²) in [5.41, 5.74) is 8.09. The van der Waals surface area contributed by atoms with Crippen LogP contribution in [0.2, 0.25) is 0 Å². The first-order valence-electron chi connectivity index (χ1n) is 7.47. The molecule has 5 nitrogen and oxygen atoms in total. The minimum atomic E-state index is -0.145. The van der Waals surface area contributed by atoms with Gasteiger partial charge in [-0.2, -0.15) is 0 Å². The minimum Gasteiger partial charge on any atom is -0.378 e. The second-order valence-electron chi connectivity index (χ2n) is 5.50. The van der Waals surface area contributed by atoms with Gasteiger partial charge in [-0.15, -0.1) is 0 Å². The van der Waals surface area contributed by atoms with E-state index in [1.165, 1.54) is 5.56 Å². The fourth-order valence-electron chi connectivity index (χ4n) is 2.55. The number of hydrogen-bond acceptors (Lipinski definition) is 4. The molecule has 2 rings (SSSR count). The van der Waals surface area contributed by atoms with E-state index < -0.39 is 0 Å². The van der Waals surface area contributed by atoms with Gasteiger partial charge in [0.1, 0.15) is 0 Å². The number of hydrogen-bond donors (Lipinski definition) is 1. The van der Waals surface area contributed by atoms with E-state index in [0.717, 1.165) is 12.1 Å². The molecule has 0 spiro atoms. The van der Waals surface area contributed by atoms with E-state index in [4.69, 9.17) is 10.5 Å². The molecule has 116 valence electrons. The van der Waals surface area contributed by atoms with Crippen molar-refractivity contribution in [3.63, 3.8) is 0 Å². The van der Waals surface area contributed by atoms with Gasteiger partial charge < -0.3 is 15.4 Å². The zero-order valence-corrected chi connectivity index (χ0v) is 12.9. The Labute approximate surface area is 126 Å². The maximum absolute atomic E-state index is 12.5. The quantitative estimate of drug-likeness (QED) is 0.873. The second kappa shape index (κ2) is 7.54.